The minimum absolute atomic E-state index is 0.376. The van der Waals surface area contributed by atoms with Gasteiger partial charge in [0.2, 0.25) is 0 Å². The lowest BCUT2D eigenvalue weighted by Crippen LogP contribution is -2.33. The number of methoxy groups -OCH3 is 1. The highest BCUT2D eigenvalue weighted by atomic mass is 16.5. The minimum Gasteiger partial charge on any atom is -0.494 e. The number of hydrogen-bond donors (Lipinski definition) is 1. The molecule has 0 aliphatic carbocycles. The van der Waals surface area contributed by atoms with Gasteiger partial charge in [-0.3, -0.25) is 4.79 Å². The van der Waals surface area contributed by atoms with E-state index in [-0.39, 0.29) is 0 Å². The lowest BCUT2D eigenvalue weighted by atomic mass is 10.1. The van der Waals surface area contributed by atoms with Crippen LogP contribution in [0.25, 0.3) is 11.1 Å². The van der Waals surface area contributed by atoms with Gasteiger partial charge in [-0.25, -0.2) is 0 Å². The third kappa shape index (κ3) is 4.33. The van der Waals surface area contributed by atoms with Crippen LogP contribution in [-0.2, 0) is 9.53 Å². The summed E-state index contributed by atoms with van der Waals surface area (Å²) in [5, 5.41) is 0. The van der Waals surface area contributed by atoms with Crippen LogP contribution in [0.1, 0.15) is 6.42 Å². The Bertz CT molecular complexity index is 566. The van der Waals surface area contributed by atoms with Gasteiger partial charge >= 0.3 is 5.97 Å². The van der Waals surface area contributed by atoms with Crippen molar-refractivity contribution in [2.24, 2.45) is 5.73 Å². The highest BCUT2D eigenvalue weighted by Gasteiger charge is 2.13. The van der Waals surface area contributed by atoms with Crippen molar-refractivity contribution in [3.8, 4) is 16.9 Å². The number of ether oxygens (including phenoxy) is 2. The number of carbonyl (C=O) groups is 1. The monoisotopic (exact) mass is 285 g/mol. The van der Waals surface area contributed by atoms with Crippen LogP contribution in [0.15, 0.2) is 54.6 Å². The lowest BCUT2D eigenvalue weighted by Gasteiger charge is -2.11. The molecule has 0 aromatic heterocycles. The van der Waals surface area contributed by atoms with Crippen molar-refractivity contribution in [2.45, 2.75) is 12.5 Å². The predicted octanol–water partition coefficient (Wildman–Crippen LogP) is 2.62. The Morgan fingerprint density at radius 1 is 1.05 bits per heavy atom. The van der Waals surface area contributed by atoms with Gasteiger partial charge in [0.05, 0.1) is 13.7 Å². The van der Waals surface area contributed by atoms with E-state index in [9.17, 15) is 4.79 Å². The summed E-state index contributed by atoms with van der Waals surface area (Å²) < 4.78 is 10.1. The first-order valence-corrected chi connectivity index (χ1v) is 6.82. The first-order chi connectivity index (χ1) is 10.2. The largest absolute Gasteiger partial charge is 0.494 e. The van der Waals surface area contributed by atoms with Crippen LogP contribution in [0.2, 0.25) is 0 Å². The maximum absolute atomic E-state index is 11.2. The van der Waals surface area contributed by atoms with Crippen LogP contribution in [0.3, 0.4) is 0 Å². The smallest absolute Gasteiger partial charge is 0.322 e. The second-order valence-electron chi connectivity index (χ2n) is 4.66. The SMILES string of the molecule is COC(=O)C(N)CCOc1ccc(-c2ccccc2)cc1. The van der Waals surface area contributed by atoms with Gasteiger partial charge < -0.3 is 15.2 Å². The second kappa shape index (κ2) is 7.45. The van der Waals surface area contributed by atoms with Gasteiger partial charge in [-0.1, -0.05) is 42.5 Å². The molecule has 0 aliphatic rings. The molecule has 0 spiro atoms. The summed E-state index contributed by atoms with van der Waals surface area (Å²) in [6.07, 6.45) is 0.424. The number of esters is 1. The Labute approximate surface area is 124 Å². The molecule has 0 bridgehead atoms. The highest BCUT2D eigenvalue weighted by molar-refractivity contribution is 5.75. The Morgan fingerprint density at radius 3 is 2.29 bits per heavy atom. The summed E-state index contributed by atoms with van der Waals surface area (Å²) in [5.41, 5.74) is 7.93. The number of hydrogen-bond acceptors (Lipinski definition) is 4. The standard InChI is InChI=1S/C17H19NO3/c1-20-17(19)16(18)11-12-21-15-9-7-14(8-10-15)13-5-3-2-4-6-13/h2-10,16H,11-12,18H2,1H3. The average molecular weight is 285 g/mol. The Kier molecular flexibility index (Phi) is 5.35. The van der Waals surface area contributed by atoms with E-state index in [4.69, 9.17) is 10.5 Å². The maximum atomic E-state index is 11.2. The molecule has 1 unspecified atom stereocenters. The van der Waals surface area contributed by atoms with Crippen molar-refractivity contribution in [2.75, 3.05) is 13.7 Å². The first-order valence-electron chi connectivity index (χ1n) is 6.82. The summed E-state index contributed by atoms with van der Waals surface area (Å²) in [4.78, 5) is 11.2. The molecule has 4 nitrogen and oxygen atoms in total. The third-order valence-electron chi connectivity index (χ3n) is 3.16. The molecule has 110 valence electrons. The number of rotatable bonds is 6. The van der Waals surface area contributed by atoms with E-state index in [0.29, 0.717) is 13.0 Å². The molecule has 0 amide bonds. The fourth-order valence-corrected chi connectivity index (χ4v) is 1.95. The molecule has 0 radical (unpaired) electrons. The zero-order chi connectivity index (χ0) is 15.1. The molecule has 21 heavy (non-hydrogen) atoms. The Balaban J connectivity index is 1.87. The molecule has 0 fully saturated rings. The van der Waals surface area contributed by atoms with Crippen LogP contribution in [-0.4, -0.2) is 25.7 Å². The summed E-state index contributed by atoms with van der Waals surface area (Å²) >= 11 is 0. The van der Waals surface area contributed by atoms with Crippen LogP contribution in [0.4, 0.5) is 0 Å². The summed E-state index contributed by atoms with van der Waals surface area (Å²) in [5.74, 6) is 0.338. The van der Waals surface area contributed by atoms with E-state index < -0.39 is 12.0 Å². The normalized spacial score (nSPS) is 11.7. The average Bonchev–Trinajstić information content (AvgIpc) is 2.55. The molecule has 2 aromatic rings. The van der Waals surface area contributed by atoms with Crippen molar-refractivity contribution < 1.29 is 14.3 Å². The Hall–Kier alpha value is -2.33. The molecule has 1 atom stereocenters. The van der Waals surface area contributed by atoms with Gasteiger partial charge in [-0.15, -0.1) is 0 Å². The summed E-state index contributed by atoms with van der Waals surface area (Å²) in [7, 11) is 1.32. The van der Waals surface area contributed by atoms with Crippen molar-refractivity contribution >= 4 is 5.97 Å². The molecule has 4 heteroatoms. The molecule has 2 rings (SSSR count). The van der Waals surface area contributed by atoms with Crippen molar-refractivity contribution in [3.63, 3.8) is 0 Å². The van der Waals surface area contributed by atoms with Gasteiger partial charge in [-0.2, -0.15) is 0 Å². The fourth-order valence-electron chi connectivity index (χ4n) is 1.95. The number of nitrogens with two attached hydrogens (primary N) is 1. The zero-order valence-corrected chi connectivity index (χ0v) is 12.0. The molecule has 0 heterocycles. The molecule has 0 saturated carbocycles. The summed E-state index contributed by atoms with van der Waals surface area (Å²) in [6, 6.07) is 17.3. The maximum Gasteiger partial charge on any atom is 0.322 e. The molecular weight excluding hydrogens is 266 g/mol. The van der Waals surface area contributed by atoms with Crippen LogP contribution in [0.5, 0.6) is 5.75 Å². The fraction of sp³-hybridized carbons (Fsp3) is 0.235. The topological polar surface area (TPSA) is 61.5 Å². The van der Waals surface area contributed by atoms with E-state index in [1.165, 1.54) is 7.11 Å². The molecule has 2 N–H and O–H groups in total. The van der Waals surface area contributed by atoms with E-state index >= 15 is 0 Å². The lowest BCUT2D eigenvalue weighted by molar-refractivity contribution is -0.142. The van der Waals surface area contributed by atoms with E-state index in [1.54, 1.807) is 0 Å². The minimum atomic E-state index is -0.640. The van der Waals surface area contributed by atoms with E-state index in [0.717, 1.165) is 16.9 Å². The number of benzene rings is 2. The van der Waals surface area contributed by atoms with Gasteiger partial charge in [0.25, 0.3) is 0 Å². The molecule has 2 aromatic carbocycles. The predicted molar refractivity (Wildman–Crippen MR) is 82.0 cm³/mol. The van der Waals surface area contributed by atoms with Crippen LogP contribution < -0.4 is 10.5 Å². The third-order valence-corrected chi connectivity index (χ3v) is 3.16. The highest BCUT2D eigenvalue weighted by Crippen LogP contribution is 2.22. The second-order valence-corrected chi connectivity index (χ2v) is 4.66. The van der Waals surface area contributed by atoms with Gasteiger partial charge in [0.15, 0.2) is 0 Å². The number of carbonyl (C=O) groups excluding carboxylic acids is 1. The van der Waals surface area contributed by atoms with Gasteiger partial charge in [-0.05, 0) is 23.3 Å². The molecular formula is C17H19NO3. The first kappa shape index (κ1) is 15.1. The van der Waals surface area contributed by atoms with Crippen LogP contribution in [0, 0.1) is 0 Å². The van der Waals surface area contributed by atoms with Crippen LogP contribution >= 0.6 is 0 Å². The van der Waals surface area contributed by atoms with Crippen molar-refractivity contribution in [3.05, 3.63) is 54.6 Å². The summed E-state index contributed by atoms with van der Waals surface area (Å²) in [6.45, 7) is 0.376. The van der Waals surface area contributed by atoms with E-state index in [2.05, 4.69) is 16.9 Å². The van der Waals surface area contributed by atoms with Crippen molar-refractivity contribution in [1.82, 2.24) is 0 Å². The van der Waals surface area contributed by atoms with Crippen molar-refractivity contribution in [1.29, 1.82) is 0 Å². The van der Waals surface area contributed by atoms with Gasteiger partial charge in [0.1, 0.15) is 11.8 Å². The van der Waals surface area contributed by atoms with Gasteiger partial charge in [0, 0.05) is 6.42 Å². The molecule has 0 aliphatic heterocycles. The van der Waals surface area contributed by atoms with E-state index in [1.807, 2.05) is 42.5 Å². The molecule has 0 saturated heterocycles. The quantitative estimate of drug-likeness (QED) is 0.829. The Morgan fingerprint density at radius 2 is 1.67 bits per heavy atom. The zero-order valence-electron chi connectivity index (χ0n) is 12.0.